The predicted molar refractivity (Wildman–Crippen MR) is 94.1 cm³/mol. The fourth-order valence-electron chi connectivity index (χ4n) is 3.31. The van der Waals surface area contributed by atoms with Crippen molar-refractivity contribution in [3.63, 3.8) is 0 Å². The third-order valence-electron chi connectivity index (χ3n) is 4.53. The van der Waals surface area contributed by atoms with Crippen molar-refractivity contribution < 1.29 is 9.90 Å². The van der Waals surface area contributed by atoms with E-state index in [4.69, 9.17) is 0 Å². The topological polar surface area (TPSA) is 88.3 Å². The number of benzene rings is 1. The lowest BCUT2D eigenvalue weighted by Crippen LogP contribution is -2.37. The summed E-state index contributed by atoms with van der Waals surface area (Å²) in [6.45, 7) is 2.78. The number of rotatable bonds is 3. The largest absolute Gasteiger partial charge is 0.390 e. The first-order chi connectivity index (χ1) is 12.2. The minimum absolute atomic E-state index is 0.0501. The number of aliphatic hydroxyl groups is 1. The molecule has 0 bridgehead atoms. The van der Waals surface area contributed by atoms with Crippen LogP contribution in [0.1, 0.15) is 16.2 Å². The number of aromatic nitrogens is 3. The van der Waals surface area contributed by atoms with Crippen molar-refractivity contribution >= 4 is 16.9 Å². The van der Waals surface area contributed by atoms with E-state index in [1.165, 1.54) is 0 Å². The maximum Gasteiger partial charge on any atom is 0.255 e. The first-order valence-electron chi connectivity index (χ1n) is 8.45. The number of hydrogen-bond acceptors (Lipinski definition) is 4. The molecule has 0 unspecified atom stereocenters. The third-order valence-corrected chi connectivity index (χ3v) is 4.53. The number of hydrogen-bond donors (Lipinski definition) is 3. The lowest BCUT2D eigenvalue weighted by atomic mass is 10.2. The number of nitrogens with zero attached hydrogens (tertiary/aromatic N) is 3. The molecule has 3 heterocycles. The molecule has 1 atom stereocenters. The van der Waals surface area contributed by atoms with Crippen molar-refractivity contribution in [3.05, 3.63) is 54.1 Å². The van der Waals surface area contributed by atoms with Crippen LogP contribution in [0.5, 0.6) is 0 Å². The van der Waals surface area contributed by atoms with Gasteiger partial charge in [-0.2, -0.15) is 0 Å². The van der Waals surface area contributed by atoms with Gasteiger partial charge in [-0.25, -0.2) is 4.98 Å². The molecule has 1 fully saturated rings. The van der Waals surface area contributed by atoms with E-state index >= 15 is 0 Å². The average Bonchev–Trinajstić information content (AvgIpc) is 3.22. The van der Waals surface area contributed by atoms with Crippen molar-refractivity contribution in [1.82, 2.24) is 24.8 Å². The number of nitrogens with one attached hydrogen (secondary N) is 2. The standard InChI is InChI=1S/C18H21N5O2/c24-14-10-22(12-17-20-15-3-1-2-4-16(15)21-17)7-8-23(11-14)18(25)13-5-6-19-9-13/h1-6,9,14,19,24H,7-8,10-12H2,(H,20,21)/t14-/m0/s1. The van der Waals surface area contributed by atoms with Gasteiger partial charge in [-0.15, -0.1) is 0 Å². The lowest BCUT2D eigenvalue weighted by Gasteiger charge is -2.21. The van der Waals surface area contributed by atoms with Gasteiger partial charge >= 0.3 is 0 Å². The maximum atomic E-state index is 12.5. The average molecular weight is 339 g/mol. The summed E-state index contributed by atoms with van der Waals surface area (Å²) in [6.07, 6.45) is 2.84. The van der Waals surface area contributed by atoms with Gasteiger partial charge in [0.1, 0.15) is 5.82 Å². The van der Waals surface area contributed by atoms with Gasteiger partial charge in [0.25, 0.3) is 5.91 Å². The Morgan fingerprint density at radius 1 is 1.24 bits per heavy atom. The van der Waals surface area contributed by atoms with Crippen LogP contribution in [-0.2, 0) is 6.54 Å². The fourth-order valence-corrected chi connectivity index (χ4v) is 3.31. The van der Waals surface area contributed by atoms with Crippen LogP contribution in [0, 0.1) is 0 Å². The minimum Gasteiger partial charge on any atom is -0.390 e. The zero-order valence-corrected chi connectivity index (χ0v) is 13.9. The molecule has 1 aliphatic heterocycles. The molecule has 1 saturated heterocycles. The molecule has 1 amide bonds. The predicted octanol–water partition coefficient (Wildman–Crippen LogP) is 1.21. The zero-order valence-electron chi connectivity index (χ0n) is 13.9. The summed E-state index contributed by atoms with van der Waals surface area (Å²) in [6, 6.07) is 9.67. The molecule has 130 valence electrons. The van der Waals surface area contributed by atoms with Gasteiger partial charge in [0.05, 0.1) is 29.2 Å². The van der Waals surface area contributed by atoms with Gasteiger partial charge in [0, 0.05) is 38.6 Å². The second-order valence-electron chi connectivity index (χ2n) is 6.44. The van der Waals surface area contributed by atoms with E-state index in [1.807, 2.05) is 24.3 Å². The number of aliphatic hydroxyl groups excluding tert-OH is 1. The quantitative estimate of drug-likeness (QED) is 0.669. The van der Waals surface area contributed by atoms with Gasteiger partial charge < -0.3 is 20.0 Å². The number of fused-ring (bicyclic) bond motifs is 1. The second kappa shape index (κ2) is 6.70. The highest BCUT2D eigenvalue weighted by Gasteiger charge is 2.25. The van der Waals surface area contributed by atoms with Crippen molar-refractivity contribution in [3.8, 4) is 0 Å². The monoisotopic (exact) mass is 339 g/mol. The lowest BCUT2D eigenvalue weighted by molar-refractivity contribution is 0.0663. The Bertz CT molecular complexity index is 824. The Morgan fingerprint density at radius 3 is 2.92 bits per heavy atom. The van der Waals surface area contributed by atoms with Gasteiger partial charge in [0.15, 0.2) is 0 Å². The van der Waals surface area contributed by atoms with Crippen LogP contribution in [0.4, 0.5) is 0 Å². The van der Waals surface area contributed by atoms with Crippen molar-refractivity contribution in [2.75, 3.05) is 26.2 Å². The number of imidazole rings is 1. The number of β-amino-alcohol motifs (C(OH)–C–C–N with tert-alkyl or cyclic N) is 1. The summed E-state index contributed by atoms with van der Waals surface area (Å²) in [4.78, 5) is 27.2. The highest BCUT2D eigenvalue weighted by atomic mass is 16.3. The highest BCUT2D eigenvalue weighted by molar-refractivity contribution is 5.94. The van der Waals surface area contributed by atoms with E-state index in [2.05, 4.69) is 19.9 Å². The molecule has 0 spiro atoms. The fraction of sp³-hybridized carbons (Fsp3) is 0.333. The van der Waals surface area contributed by atoms with Crippen LogP contribution in [-0.4, -0.2) is 68.0 Å². The van der Waals surface area contributed by atoms with Gasteiger partial charge in [-0.3, -0.25) is 9.69 Å². The van der Waals surface area contributed by atoms with E-state index < -0.39 is 6.10 Å². The summed E-state index contributed by atoms with van der Waals surface area (Å²) < 4.78 is 0. The molecule has 7 heteroatoms. The zero-order chi connectivity index (χ0) is 17.2. The minimum atomic E-state index is -0.574. The molecule has 0 aliphatic carbocycles. The number of aromatic amines is 2. The number of carbonyl (C=O) groups is 1. The summed E-state index contributed by atoms with van der Waals surface area (Å²) in [5.74, 6) is 0.824. The van der Waals surface area contributed by atoms with E-state index in [1.54, 1.807) is 23.4 Å². The Labute approximate surface area is 145 Å². The van der Waals surface area contributed by atoms with Crippen LogP contribution in [0.15, 0.2) is 42.7 Å². The van der Waals surface area contributed by atoms with Crippen molar-refractivity contribution in [1.29, 1.82) is 0 Å². The molecular weight excluding hydrogens is 318 g/mol. The van der Waals surface area contributed by atoms with Crippen molar-refractivity contribution in [2.24, 2.45) is 0 Å². The Balaban J connectivity index is 1.44. The number of carbonyl (C=O) groups excluding carboxylic acids is 1. The molecule has 1 aliphatic rings. The molecule has 2 aromatic heterocycles. The van der Waals surface area contributed by atoms with E-state index in [0.29, 0.717) is 38.3 Å². The number of H-pyrrole nitrogens is 2. The van der Waals surface area contributed by atoms with Crippen LogP contribution >= 0.6 is 0 Å². The molecule has 7 nitrogen and oxygen atoms in total. The van der Waals surface area contributed by atoms with E-state index in [9.17, 15) is 9.90 Å². The number of para-hydroxylation sites is 2. The Hall–Kier alpha value is -2.64. The Kier molecular flexibility index (Phi) is 4.25. The second-order valence-corrected chi connectivity index (χ2v) is 6.44. The number of amides is 1. The third kappa shape index (κ3) is 3.42. The Morgan fingerprint density at radius 2 is 2.12 bits per heavy atom. The SMILES string of the molecule is O=C(c1cc[nH]c1)N1CCN(Cc2nc3ccccc3[nH]2)C[C@H](O)C1. The van der Waals surface area contributed by atoms with E-state index in [0.717, 1.165) is 16.9 Å². The summed E-state index contributed by atoms with van der Waals surface area (Å²) in [5.41, 5.74) is 2.58. The summed E-state index contributed by atoms with van der Waals surface area (Å²) in [7, 11) is 0. The van der Waals surface area contributed by atoms with Crippen LogP contribution in [0.3, 0.4) is 0 Å². The smallest absolute Gasteiger partial charge is 0.255 e. The van der Waals surface area contributed by atoms with Gasteiger partial charge in [-0.1, -0.05) is 12.1 Å². The molecular formula is C18H21N5O2. The van der Waals surface area contributed by atoms with Crippen LogP contribution < -0.4 is 0 Å². The first kappa shape index (κ1) is 15.9. The molecule has 1 aromatic carbocycles. The first-order valence-corrected chi connectivity index (χ1v) is 8.45. The van der Waals surface area contributed by atoms with Crippen LogP contribution in [0.25, 0.3) is 11.0 Å². The molecule has 25 heavy (non-hydrogen) atoms. The van der Waals surface area contributed by atoms with Gasteiger partial charge in [-0.05, 0) is 18.2 Å². The molecule has 0 saturated carbocycles. The highest BCUT2D eigenvalue weighted by Crippen LogP contribution is 2.14. The molecule has 3 N–H and O–H groups in total. The molecule has 0 radical (unpaired) electrons. The van der Waals surface area contributed by atoms with Crippen LogP contribution in [0.2, 0.25) is 0 Å². The normalized spacial score (nSPS) is 19.2. The molecule has 4 rings (SSSR count). The van der Waals surface area contributed by atoms with E-state index in [-0.39, 0.29) is 5.91 Å². The van der Waals surface area contributed by atoms with Crippen molar-refractivity contribution in [2.45, 2.75) is 12.6 Å². The van der Waals surface area contributed by atoms with Gasteiger partial charge in [0.2, 0.25) is 0 Å². The summed E-state index contributed by atoms with van der Waals surface area (Å²) in [5, 5.41) is 10.3. The molecule has 3 aromatic rings. The maximum absolute atomic E-state index is 12.5. The summed E-state index contributed by atoms with van der Waals surface area (Å²) >= 11 is 0.